The summed E-state index contributed by atoms with van der Waals surface area (Å²) < 4.78 is 0. The third kappa shape index (κ3) is 7.22. The van der Waals surface area contributed by atoms with E-state index in [1.807, 2.05) is 0 Å². The van der Waals surface area contributed by atoms with E-state index in [-0.39, 0.29) is 5.91 Å². The van der Waals surface area contributed by atoms with Crippen LogP contribution in [0.25, 0.3) is 0 Å². The number of rotatable bonds is 9. The van der Waals surface area contributed by atoms with Crippen molar-refractivity contribution in [3.63, 3.8) is 0 Å². The van der Waals surface area contributed by atoms with Crippen LogP contribution in [0.4, 0.5) is 0 Å². The molecule has 0 unspecified atom stereocenters. The highest BCUT2D eigenvalue weighted by atomic mass is 16.2. The molecule has 0 aromatic carbocycles. The Morgan fingerprint density at radius 1 is 1.09 bits per heavy atom. The van der Waals surface area contributed by atoms with Crippen LogP contribution >= 0.6 is 0 Å². The van der Waals surface area contributed by atoms with Gasteiger partial charge < -0.3 is 15.5 Å². The lowest BCUT2D eigenvalue weighted by Gasteiger charge is -2.27. The van der Waals surface area contributed by atoms with Crippen molar-refractivity contribution in [2.45, 2.75) is 39.5 Å². The van der Waals surface area contributed by atoms with Gasteiger partial charge in [0.1, 0.15) is 0 Å². The molecule has 2 amide bonds. The van der Waals surface area contributed by atoms with Crippen molar-refractivity contribution in [2.24, 2.45) is 0 Å². The first-order valence-corrected chi connectivity index (χ1v) is 8.69. The van der Waals surface area contributed by atoms with Gasteiger partial charge >= 0.3 is 11.8 Å². The molecule has 6 nitrogen and oxygen atoms in total. The number of hydrogen-bond donors (Lipinski definition) is 2. The number of nitrogens with one attached hydrogen (secondary N) is 2. The predicted octanol–water partition coefficient (Wildman–Crippen LogP) is 0.437. The third-order valence-corrected chi connectivity index (χ3v) is 3.97. The Morgan fingerprint density at radius 2 is 1.68 bits per heavy atom. The second-order valence-electron chi connectivity index (χ2n) is 5.85. The van der Waals surface area contributed by atoms with Crippen molar-refractivity contribution in [1.82, 2.24) is 20.4 Å². The Morgan fingerprint density at radius 3 is 2.23 bits per heavy atom. The van der Waals surface area contributed by atoms with Crippen molar-refractivity contribution >= 4 is 11.8 Å². The zero-order chi connectivity index (χ0) is 16.2. The summed E-state index contributed by atoms with van der Waals surface area (Å²) in [5.74, 6) is -0.829. The van der Waals surface area contributed by atoms with Gasteiger partial charge in [0.25, 0.3) is 0 Å². The maximum atomic E-state index is 12.2. The third-order valence-electron chi connectivity index (χ3n) is 3.97. The van der Waals surface area contributed by atoms with E-state index in [1.54, 1.807) is 4.90 Å². The second-order valence-corrected chi connectivity index (χ2v) is 5.85. The summed E-state index contributed by atoms with van der Waals surface area (Å²) in [5.41, 5.74) is 0. The van der Waals surface area contributed by atoms with Gasteiger partial charge in [0, 0.05) is 52.4 Å². The van der Waals surface area contributed by atoms with Gasteiger partial charge in [0.15, 0.2) is 0 Å². The molecule has 1 fully saturated rings. The Hall–Kier alpha value is -1.14. The van der Waals surface area contributed by atoms with Crippen LogP contribution in [0.3, 0.4) is 0 Å². The first-order chi connectivity index (χ1) is 10.7. The molecule has 6 heteroatoms. The van der Waals surface area contributed by atoms with Crippen molar-refractivity contribution in [3.8, 4) is 0 Å². The normalized spacial score (nSPS) is 15.5. The molecule has 1 saturated heterocycles. The van der Waals surface area contributed by atoms with Crippen molar-refractivity contribution in [1.29, 1.82) is 0 Å². The average Bonchev–Trinajstić information content (AvgIpc) is 2.55. The summed E-state index contributed by atoms with van der Waals surface area (Å²) in [5, 5.41) is 6.07. The molecule has 1 heterocycles. The van der Waals surface area contributed by atoms with E-state index in [4.69, 9.17) is 0 Å². The molecule has 1 aliphatic rings. The summed E-state index contributed by atoms with van der Waals surface area (Å²) >= 11 is 0. The summed E-state index contributed by atoms with van der Waals surface area (Å²) in [4.78, 5) is 28.2. The van der Waals surface area contributed by atoms with Crippen LogP contribution in [0, 0.1) is 0 Å². The molecule has 0 aliphatic carbocycles. The molecule has 0 spiro atoms. The van der Waals surface area contributed by atoms with Crippen molar-refractivity contribution in [2.75, 3.05) is 52.4 Å². The first-order valence-electron chi connectivity index (χ1n) is 8.69. The zero-order valence-corrected chi connectivity index (χ0v) is 14.2. The zero-order valence-electron chi connectivity index (χ0n) is 14.2. The standard InChI is InChI=1S/C16H32N4O2/c1-3-5-10-20(11-6-4-2)16(22)15(21)18-9-14-19-12-7-17-8-13-19/h17H,3-14H2,1-2H3,(H,18,21). The van der Waals surface area contributed by atoms with E-state index in [0.717, 1.165) is 58.4 Å². The number of amides is 2. The van der Waals surface area contributed by atoms with E-state index in [2.05, 4.69) is 29.4 Å². The predicted molar refractivity (Wildman–Crippen MR) is 88.7 cm³/mol. The number of unbranched alkanes of at least 4 members (excludes halogenated alkanes) is 2. The minimum atomic E-state index is -0.456. The summed E-state index contributed by atoms with van der Waals surface area (Å²) in [6.07, 6.45) is 3.95. The van der Waals surface area contributed by atoms with E-state index in [0.29, 0.717) is 19.6 Å². The van der Waals surface area contributed by atoms with E-state index in [1.165, 1.54) is 0 Å². The lowest BCUT2D eigenvalue weighted by Crippen LogP contribution is -2.48. The van der Waals surface area contributed by atoms with Gasteiger partial charge in [-0.25, -0.2) is 0 Å². The Kier molecular flexibility index (Phi) is 9.82. The van der Waals surface area contributed by atoms with Gasteiger partial charge in [-0.2, -0.15) is 0 Å². The fraction of sp³-hybridized carbons (Fsp3) is 0.875. The molecule has 0 aromatic rings. The van der Waals surface area contributed by atoms with Gasteiger partial charge in [-0.15, -0.1) is 0 Å². The van der Waals surface area contributed by atoms with Gasteiger partial charge in [-0.05, 0) is 12.8 Å². The highest BCUT2D eigenvalue weighted by Gasteiger charge is 2.20. The maximum absolute atomic E-state index is 12.2. The van der Waals surface area contributed by atoms with Gasteiger partial charge in [-0.1, -0.05) is 26.7 Å². The van der Waals surface area contributed by atoms with Crippen LogP contribution < -0.4 is 10.6 Å². The molecule has 128 valence electrons. The Labute approximate surface area is 134 Å². The number of carbonyl (C=O) groups excluding carboxylic acids is 2. The molecule has 0 aromatic heterocycles. The molecule has 0 saturated carbocycles. The van der Waals surface area contributed by atoms with Crippen LogP contribution in [0.1, 0.15) is 39.5 Å². The number of hydrogen-bond acceptors (Lipinski definition) is 4. The van der Waals surface area contributed by atoms with Crippen LogP contribution in [-0.2, 0) is 9.59 Å². The molecular formula is C16H32N4O2. The van der Waals surface area contributed by atoms with Crippen molar-refractivity contribution < 1.29 is 9.59 Å². The molecule has 2 N–H and O–H groups in total. The van der Waals surface area contributed by atoms with E-state index < -0.39 is 5.91 Å². The van der Waals surface area contributed by atoms with Crippen molar-refractivity contribution in [3.05, 3.63) is 0 Å². The van der Waals surface area contributed by atoms with Crippen LogP contribution in [0.5, 0.6) is 0 Å². The first kappa shape index (κ1) is 18.9. The van der Waals surface area contributed by atoms with Gasteiger partial charge in [-0.3, -0.25) is 14.5 Å². The second kappa shape index (κ2) is 11.4. The molecule has 22 heavy (non-hydrogen) atoms. The fourth-order valence-corrected chi connectivity index (χ4v) is 2.49. The fourth-order valence-electron chi connectivity index (χ4n) is 2.49. The smallest absolute Gasteiger partial charge is 0.311 e. The summed E-state index contributed by atoms with van der Waals surface area (Å²) in [6.45, 7) is 10.9. The molecule has 0 radical (unpaired) electrons. The Balaban J connectivity index is 2.31. The quantitative estimate of drug-likeness (QED) is 0.606. The molecular weight excluding hydrogens is 280 g/mol. The SMILES string of the molecule is CCCCN(CCCC)C(=O)C(=O)NCCN1CCNCC1. The van der Waals surface area contributed by atoms with Gasteiger partial charge in [0.2, 0.25) is 0 Å². The topological polar surface area (TPSA) is 64.7 Å². The van der Waals surface area contributed by atoms with E-state index >= 15 is 0 Å². The minimum Gasteiger partial charge on any atom is -0.347 e. The number of piperazine rings is 1. The lowest BCUT2D eigenvalue weighted by atomic mass is 10.2. The van der Waals surface area contributed by atoms with Crippen LogP contribution in [-0.4, -0.2) is 74.0 Å². The monoisotopic (exact) mass is 312 g/mol. The molecule has 1 rings (SSSR count). The largest absolute Gasteiger partial charge is 0.347 e. The van der Waals surface area contributed by atoms with Crippen LogP contribution in [0.15, 0.2) is 0 Å². The summed E-state index contributed by atoms with van der Waals surface area (Å²) in [6, 6.07) is 0. The maximum Gasteiger partial charge on any atom is 0.311 e. The average molecular weight is 312 g/mol. The lowest BCUT2D eigenvalue weighted by molar-refractivity contribution is -0.146. The van der Waals surface area contributed by atoms with Crippen LogP contribution in [0.2, 0.25) is 0 Å². The highest BCUT2D eigenvalue weighted by molar-refractivity contribution is 6.35. The molecule has 0 atom stereocenters. The highest BCUT2D eigenvalue weighted by Crippen LogP contribution is 2.00. The molecule has 1 aliphatic heterocycles. The number of nitrogens with zero attached hydrogens (tertiary/aromatic N) is 2. The molecule has 0 bridgehead atoms. The van der Waals surface area contributed by atoms with E-state index in [9.17, 15) is 9.59 Å². The Bertz CT molecular complexity index is 322. The summed E-state index contributed by atoms with van der Waals surface area (Å²) in [7, 11) is 0. The minimum absolute atomic E-state index is 0.373. The van der Waals surface area contributed by atoms with Gasteiger partial charge in [0.05, 0.1) is 0 Å². The number of carbonyl (C=O) groups is 2.